The Labute approximate surface area is 206 Å². The largest absolute Gasteiger partial charge is 0.489 e. The quantitative estimate of drug-likeness (QED) is 0.420. The Kier molecular flexibility index (Phi) is 9.12. The van der Waals surface area contributed by atoms with Crippen molar-refractivity contribution in [2.24, 2.45) is 0 Å². The number of ether oxygens (including phenoxy) is 2. The van der Waals surface area contributed by atoms with E-state index in [1.807, 2.05) is 34.1 Å². The van der Waals surface area contributed by atoms with Gasteiger partial charge in [-0.1, -0.05) is 43.6 Å². The maximum atomic E-state index is 13.8. The van der Waals surface area contributed by atoms with E-state index in [-0.39, 0.29) is 29.1 Å². The molecular weight excluding hydrogens is 456 g/mol. The summed E-state index contributed by atoms with van der Waals surface area (Å²) in [5.74, 6) is 0.713. The van der Waals surface area contributed by atoms with Crippen molar-refractivity contribution in [1.29, 1.82) is 0 Å². The molecule has 1 aromatic carbocycles. The number of hydrogen-bond donors (Lipinski definition) is 1. The molecule has 9 heteroatoms. The number of anilines is 2. The van der Waals surface area contributed by atoms with Crippen LogP contribution in [0.5, 0.6) is 5.75 Å². The van der Waals surface area contributed by atoms with Gasteiger partial charge in [-0.3, -0.25) is 9.69 Å². The molecule has 1 aliphatic heterocycles. The number of aromatic nitrogens is 1. The Morgan fingerprint density at radius 1 is 1.24 bits per heavy atom. The fourth-order valence-corrected chi connectivity index (χ4v) is 4.29. The molecule has 0 spiro atoms. The van der Waals surface area contributed by atoms with E-state index >= 15 is 0 Å². The highest BCUT2D eigenvalue weighted by molar-refractivity contribution is 6.29. The minimum absolute atomic E-state index is 0.0575. The van der Waals surface area contributed by atoms with E-state index in [0.29, 0.717) is 50.6 Å². The third kappa shape index (κ3) is 6.39. The molecule has 0 unspecified atom stereocenters. The molecule has 1 N–H and O–H groups in total. The summed E-state index contributed by atoms with van der Waals surface area (Å²) >= 11 is 6.06. The second-order valence-electron chi connectivity index (χ2n) is 8.60. The van der Waals surface area contributed by atoms with Crippen LogP contribution in [0.3, 0.4) is 0 Å². The Morgan fingerprint density at radius 3 is 2.59 bits per heavy atom. The van der Waals surface area contributed by atoms with E-state index in [1.165, 1.54) is 6.20 Å². The van der Waals surface area contributed by atoms with Crippen LogP contribution in [-0.2, 0) is 9.53 Å². The molecule has 1 aliphatic rings. The van der Waals surface area contributed by atoms with Crippen LogP contribution in [0.15, 0.2) is 36.5 Å². The van der Waals surface area contributed by atoms with Crippen molar-refractivity contribution < 1.29 is 19.1 Å². The molecule has 1 fully saturated rings. The number of methoxy groups -OCH3 is 1. The van der Waals surface area contributed by atoms with E-state index in [0.717, 1.165) is 11.3 Å². The Bertz CT molecular complexity index is 993. The fraction of sp³-hybridized carbons (Fsp3) is 0.480. The number of halogens is 1. The first-order valence-corrected chi connectivity index (χ1v) is 11.9. The van der Waals surface area contributed by atoms with Gasteiger partial charge < -0.3 is 19.7 Å². The summed E-state index contributed by atoms with van der Waals surface area (Å²) in [4.78, 5) is 33.4. The van der Waals surface area contributed by atoms with E-state index in [9.17, 15) is 9.59 Å². The van der Waals surface area contributed by atoms with Crippen LogP contribution < -0.4 is 15.0 Å². The predicted octanol–water partition coefficient (Wildman–Crippen LogP) is 4.93. The Balaban J connectivity index is 1.92. The number of hydrogen-bond acceptors (Lipinski definition) is 5. The molecule has 34 heavy (non-hydrogen) atoms. The number of amides is 3. The molecule has 3 amide bonds. The van der Waals surface area contributed by atoms with Gasteiger partial charge in [-0.15, -0.1) is 0 Å². The van der Waals surface area contributed by atoms with Crippen LogP contribution in [0.2, 0.25) is 5.15 Å². The first kappa shape index (κ1) is 25.8. The highest BCUT2D eigenvalue weighted by atomic mass is 35.5. The first-order valence-electron chi connectivity index (χ1n) is 11.5. The number of pyridine rings is 1. The number of benzene rings is 1. The van der Waals surface area contributed by atoms with E-state index in [1.54, 1.807) is 20.1 Å². The van der Waals surface area contributed by atoms with Gasteiger partial charge in [-0.05, 0) is 30.4 Å². The van der Waals surface area contributed by atoms with Crippen molar-refractivity contribution in [3.05, 3.63) is 47.2 Å². The number of rotatable bonds is 8. The number of piperidine rings is 1. The molecule has 2 aromatic rings. The zero-order valence-electron chi connectivity index (χ0n) is 20.2. The van der Waals surface area contributed by atoms with Crippen LogP contribution in [0, 0.1) is 0 Å². The van der Waals surface area contributed by atoms with Crippen molar-refractivity contribution in [2.45, 2.75) is 45.6 Å². The lowest BCUT2D eigenvalue weighted by Crippen LogP contribution is -2.50. The van der Waals surface area contributed by atoms with Gasteiger partial charge in [-0.2, -0.15) is 0 Å². The summed E-state index contributed by atoms with van der Waals surface area (Å²) in [6, 6.07) is 9.18. The molecule has 0 bridgehead atoms. The van der Waals surface area contributed by atoms with Crippen LogP contribution in [-0.4, -0.2) is 61.3 Å². The molecule has 1 saturated heterocycles. The van der Waals surface area contributed by atoms with Crippen molar-refractivity contribution in [2.75, 3.05) is 43.6 Å². The van der Waals surface area contributed by atoms with Crippen LogP contribution in [0.4, 0.5) is 16.2 Å². The smallest absolute Gasteiger partial charge is 0.326 e. The summed E-state index contributed by atoms with van der Waals surface area (Å²) in [7, 11) is 1.59. The molecule has 2 heterocycles. The molecule has 3 rings (SSSR count). The average Bonchev–Trinajstić information content (AvgIpc) is 2.81. The molecular formula is C25H33ClN4O4. The highest BCUT2D eigenvalue weighted by Gasteiger charge is 2.32. The molecule has 0 radical (unpaired) electrons. The lowest BCUT2D eigenvalue weighted by atomic mass is 9.97. The van der Waals surface area contributed by atoms with E-state index in [4.69, 9.17) is 21.1 Å². The number of carbonyl (C=O) groups is 2. The van der Waals surface area contributed by atoms with Gasteiger partial charge in [0.05, 0.1) is 12.8 Å². The van der Waals surface area contributed by atoms with Crippen molar-refractivity contribution in [3.8, 4) is 5.75 Å². The first-order chi connectivity index (χ1) is 16.3. The maximum Gasteiger partial charge on any atom is 0.326 e. The molecule has 184 valence electrons. The number of likely N-dealkylation sites (tertiary alicyclic amines) is 1. The number of urea groups is 1. The maximum absolute atomic E-state index is 13.8. The summed E-state index contributed by atoms with van der Waals surface area (Å²) in [6.07, 6.45) is 2.87. The zero-order chi connectivity index (χ0) is 24.7. The molecule has 0 saturated carbocycles. The SMILES string of the molecule is COCCOc1cc(Cl)ncc1NC(=O)N(c1ccccc1C(C)C)C1CCN(C(C)=O)CC1. The van der Waals surface area contributed by atoms with Gasteiger partial charge in [-0.25, -0.2) is 9.78 Å². The minimum atomic E-state index is -0.282. The van der Waals surface area contributed by atoms with Gasteiger partial charge in [0.15, 0.2) is 0 Å². The normalized spacial score (nSPS) is 14.2. The highest BCUT2D eigenvalue weighted by Crippen LogP contribution is 2.33. The average molecular weight is 489 g/mol. The third-order valence-corrected chi connectivity index (χ3v) is 6.14. The lowest BCUT2D eigenvalue weighted by molar-refractivity contribution is -0.129. The van der Waals surface area contributed by atoms with E-state index in [2.05, 4.69) is 24.1 Å². The van der Waals surface area contributed by atoms with Gasteiger partial charge in [0.1, 0.15) is 23.2 Å². The van der Waals surface area contributed by atoms with Gasteiger partial charge in [0.2, 0.25) is 5.91 Å². The second-order valence-corrected chi connectivity index (χ2v) is 8.98. The topological polar surface area (TPSA) is 84.0 Å². The predicted molar refractivity (Wildman–Crippen MR) is 134 cm³/mol. The van der Waals surface area contributed by atoms with Crippen molar-refractivity contribution >= 4 is 34.9 Å². The summed E-state index contributed by atoms with van der Waals surface area (Å²) in [6.45, 7) is 7.73. The number of nitrogens with one attached hydrogen (secondary N) is 1. The lowest BCUT2D eigenvalue weighted by Gasteiger charge is -2.39. The van der Waals surface area contributed by atoms with Crippen LogP contribution in [0.1, 0.15) is 45.1 Å². The number of carbonyl (C=O) groups excluding carboxylic acids is 2. The van der Waals surface area contributed by atoms with Crippen molar-refractivity contribution in [1.82, 2.24) is 9.88 Å². The molecule has 0 atom stereocenters. The Morgan fingerprint density at radius 2 is 1.94 bits per heavy atom. The zero-order valence-corrected chi connectivity index (χ0v) is 21.0. The van der Waals surface area contributed by atoms with Gasteiger partial charge >= 0.3 is 6.03 Å². The van der Waals surface area contributed by atoms with Crippen LogP contribution >= 0.6 is 11.6 Å². The summed E-state index contributed by atoms with van der Waals surface area (Å²) in [5, 5.41) is 3.25. The fourth-order valence-electron chi connectivity index (χ4n) is 4.14. The molecule has 8 nitrogen and oxygen atoms in total. The van der Waals surface area contributed by atoms with Crippen molar-refractivity contribution in [3.63, 3.8) is 0 Å². The van der Waals surface area contributed by atoms with Gasteiger partial charge in [0, 0.05) is 44.9 Å². The second kappa shape index (κ2) is 12.0. The monoisotopic (exact) mass is 488 g/mol. The van der Waals surface area contributed by atoms with Gasteiger partial charge in [0.25, 0.3) is 0 Å². The molecule has 1 aromatic heterocycles. The summed E-state index contributed by atoms with van der Waals surface area (Å²) in [5.41, 5.74) is 2.37. The van der Waals surface area contributed by atoms with E-state index < -0.39 is 0 Å². The standard InChI is InChI=1S/C25H33ClN4O4/c1-17(2)20-7-5-6-8-22(20)30(19-9-11-29(12-10-19)18(3)31)25(32)28-21-16-27-24(26)15-23(21)34-14-13-33-4/h5-8,15-17,19H,9-14H2,1-4H3,(H,28,32). The number of para-hydroxylation sites is 1. The third-order valence-electron chi connectivity index (χ3n) is 5.93. The van der Waals surface area contributed by atoms with Crippen LogP contribution in [0.25, 0.3) is 0 Å². The minimum Gasteiger partial charge on any atom is -0.489 e. The molecule has 0 aliphatic carbocycles. The Hall–Kier alpha value is -2.84. The summed E-state index contributed by atoms with van der Waals surface area (Å²) < 4.78 is 10.8. The number of nitrogens with zero attached hydrogens (tertiary/aromatic N) is 3.